The van der Waals surface area contributed by atoms with Crippen LogP contribution in [0.4, 0.5) is 0 Å². The highest BCUT2D eigenvalue weighted by molar-refractivity contribution is 5.95. The first-order valence-electron chi connectivity index (χ1n) is 9.91. The number of benzene rings is 2. The lowest BCUT2D eigenvalue weighted by Crippen LogP contribution is -2.36. The number of nitriles is 1. The number of nitrogens with zero attached hydrogens (tertiary/aromatic N) is 2. The van der Waals surface area contributed by atoms with Crippen molar-refractivity contribution >= 4 is 11.9 Å². The van der Waals surface area contributed by atoms with E-state index in [0.29, 0.717) is 27.9 Å². The summed E-state index contributed by atoms with van der Waals surface area (Å²) < 4.78 is 10.2. The van der Waals surface area contributed by atoms with E-state index in [1.165, 1.54) is 7.11 Å². The summed E-state index contributed by atoms with van der Waals surface area (Å²) in [6.45, 7) is 3.71. The Morgan fingerprint density at radius 1 is 1.06 bits per heavy atom. The second-order valence-electron chi connectivity index (χ2n) is 7.43. The molecule has 0 saturated carbocycles. The summed E-state index contributed by atoms with van der Waals surface area (Å²) >= 11 is 0. The smallest absolute Gasteiger partial charge is 0.339 e. The summed E-state index contributed by atoms with van der Waals surface area (Å²) in [7, 11) is 1.38. The van der Waals surface area contributed by atoms with Gasteiger partial charge in [0, 0.05) is 18.9 Å². The highest BCUT2D eigenvalue weighted by Gasteiger charge is 2.22. The molecule has 162 valence electrons. The Morgan fingerprint density at radius 3 is 2.41 bits per heavy atom. The van der Waals surface area contributed by atoms with Crippen LogP contribution >= 0.6 is 0 Å². The van der Waals surface area contributed by atoms with Gasteiger partial charge >= 0.3 is 5.97 Å². The summed E-state index contributed by atoms with van der Waals surface area (Å²) in [5.41, 5.74) is 10.6. The lowest BCUT2D eigenvalue weighted by molar-refractivity contribution is -0.129. The van der Waals surface area contributed by atoms with Crippen LogP contribution in [0.3, 0.4) is 0 Å². The molecule has 1 amide bonds. The van der Waals surface area contributed by atoms with Crippen molar-refractivity contribution < 1.29 is 19.1 Å². The van der Waals surface area contributed by atoms with Crippen molar-refractivity contribution in [3.63, 3.8) is 0 Å². The van der Waals surface area contributed by atoms with Gasteiger partial charge < -0.3 is 15.2 Å². The molecule has 0 bridgehead atoms. The minimum absolute atomic E-state index is 0.149. The molecule has 0 fully saturated rings. The fourth-order valence-corrected chi connectivity index (χ4v) is 3.20. The third kappa shape index (κ3) is 5.17. The van der Waals surface area contributed by atoms with Gasteiger partial charge in [0.15, 0.2) is 0 Å². The number of ether oxygens (including phenoxy) is 2. The van der Waals surface area contributed by atoms with Gasteiger partial charge in [-0.1, -0.05) is 23.8 Å². The second-order valence-corrected chi connectivity index (χ2v) is 7.43. The number of hydrogen-bond donors (Lipinski definition) is 1. The molecular formula is C25H23N3O4. The fourth-order valence-electron chi connectivity index (χ4n) is 3.20. The number of nitrogens with two attached hydrogens (primary N) is 1. The topological polar surface area (TPSA) is 115 Å². The Kier molecular flexibility index (Phi) is 6.98. The van der Waals surface area contributed by atoms with Crippen molar-refractivity contribution in [1.82, 2.24) is 4.98 Å². The monoisotopic (exact) mass is 429 g/mol. The number of rotatable bonds is 7. The normalized spacial score (nSPS) is 11.4. The molecule has 0 aliphatic rings. The number of methoxy groups -OCH3 is 1. The second kappa shape index (κ2) is 9.86. The number of aromatic nitrogens is 1. The third-order valence-electron chi connectivity index (χ3n) is 4.87. The van der Waals surface area contributed by atoms with E-state index in [2.05, 4.69) is 11.1 Å². The first-order valence-corrected chi connectivity index (χ1v) is 9.91. The van der Waals surface area contributed by atoms with E-state index in [1.807, 2.05) is 44.2 Å². The van der Waals surface area contributed by atoms with Crippen molar-refractivity contribution in [1.29, 1.82) is 5.26 Å². The van der Waals surface area contributed by atoms with Crippen LogP contribution in [-0.4, -0.2) is 36.7 Å². The van der Waals surface area contributed by atoms with Gasteiger partial charge in [-0.2, -0.15) is 5.26 Å². The molecule has 0 aliphatic carbocycles. The molecule has 0 aliphatic heterocycles. The molecule has 0 radical (unpaired) electrons. The van der Waals surface area contributed by atoms with E-state index >= 15 is 0 Å². The first kappa shape index (κ1) is 22.7. The summed E-state index contributed by atoms with van der Waals surface area (Å²) in [5, 5.41) is 9.59. The maximum Gasteiger partial charge on any atom is 0.339 e. The van der Waals surface area contributed by atoms with E-state index in [1.54, 1.807) is 24.4 Å². The number of primary amides is 1. The minimum atomic E-state index is -1.22. The van der Waals surface area contributed by atoms with Crippen LogP contribution in [0.25, 0.3) is 22.4 Å². The molecule has 32 heavy (non-hydrogen) atoms. The van der Waals surface area contributed by atoms with Crippen molar-refractivity contribution in [3.05, 3.63) is 77.0 Å². The quantitative estimate of drug-likeness (QED) is 0.574. The lowest BCUT2D eigenvalue weighted by Gasteiger charge is -2.15. The summed E-state index contributed by atoms with van der Waals surface area (Å²) in [4.78, 5) is 29.0. The number of esters is 1. The maximum absolute atomic E-state index is 12.9. The first-order chi connectivity index (χ1) is 15.3. The number of hydrogen-bond acceptors (Lipinski definition) is 6. The molecule has 0 saturated heterocycles. The Hall–Kier alpha value is -4.02. The Bertz CT molecular complexity index is 1200. The van der Waals surface area contributed by atoms with Gasteiger partial charge in [-0.05, 0) is 60.9 Å². The molecule has 3 rings (SSSR count). The SMILES string of the molecule is COCC(OC(=O)c1cc(-c2ccc(C)cn2)cc(-c2cc(C)ccc2C#N)c1)C(N)=O. The molecular weight excluding hydrogens is 406 g/mol. The van der Waals surface area contributed by atoms with Crippen LogP contribution < -0.4 is 5.73 Å². The van der Waals surface area contributed by atoms with Gasteiger partial charge in [-0.25, -0.2) is 4.79 Å². The minimum Gasteiger partial charge on any atom is -0.446 e. The van der Waals surface area contributed by atoms with Crippen molar-refractivity contribution in [2.75, 3.05) is 13.7 Å². The van der Waals surface area contributed by atoms with Crippen LogP contribution in [0.15, 0.2) is 54.7 Å². The zero-order chi connectivity index (χ0) is 23.3. The molecule has 1 unspecified atom stereocenters. The van der Waals surface area contributed by atoms with Crippen LogP contribution in [0.2, 0.25) is 0 Å². The van der Waals surface area contributed by atoms with Gasteiger partial charge in [0.05, 0.1) is 29.5 Å². The molecule has 7 nitrogen and oxygen atoms in total. The van der Waals surface area contributed by atoms with E-state index < -0.39 is 18.0 Å². The van der Waals surface area contributed by atoms with Gasteiger partial charge in [0.25, 0.3) is 5.91 Å². The molecule has 7 heteroatoms. The molecule has 2 aromatic carbocycles. The molecule has 3 aromatic rings. The van der Waals surface area contributed by atoms with Gasteiger partial charge in [-0.15, -0.1) is 0 Å². The Balaban J connectivity index is 2.14. The zero-order valence-corrected chi connectivity index (χ0v) is 18.1. The highest BCUT2D eigenvalue weighted by atomic mass is 16.6. The molecule has 0 spiro atoms. The van der Waals surface area contributed by atoms with E-state index in [9.17, 15) is 14.9 Å². The van der Waals surface area contributed by atoms with Crippen LogP contribution in [0.5, 0.6) is 0 Å². The maximum atomic E-state index is 12.9. The van der Waals surface area contributed by atoms with Crippen molar-refractivity contribution in [3.8, 4) is 28.5 Å². The summed E-state index contributed by atoms with van der Waals surface area (Å²) in [6.07, 6.45) is 0.514. The average Bonchev–Trinajstić information content (AvgIpc) is 2.78. The number of pyridine rings is 1. The Labute approximate surface area is 186 Å². The number of carbonyl (C=O) groups excluding carboxylic acids is 2. The molecule has 2 N–H and O–H groups in total. The fraction of sp³-hybridized carbons (Fsp3) is 0.200. The van der Waals surface area contributed by atoms with Gasteiger partial charge in [0.1, 0.15) is 0 Å². The molecule has 1 aromatic heterocycles. The van der Waals surface area contributed by atoms with Crippen LogP contribution in [-0.2, 0) is 14.3 Å². The van der Waals surface area contributed by atoms with E-state index in [0.717, 1.165) is 11.1 Å². The summed E-state index contributed by atoms with van der Waals surface area (Å²) in [5.74, 6) is -1.53. The standard InChI is InChI=1S/C25H23N3O4/c1-15-4-6-17(12-26)21(8-15)18-9-19(22-7-5-16(2)13-28-22)11-20(10-18)25(30)32-23(14-31-3)24(27)29/h4-11,13,23H,14H2,1-3H3,(H2,27,29). The van der Waals surface area contributed by atoms with Gasteiger partial charge in [0.2, 0.25) is 6.10 Å². The zero-order valence-electron chi connectivity index (χ0n) is 18.1. The number of aryl methyl sites for hydroxylation is 2. The Morgan fingerprint density at radius 2 is 1.78 bits per heavy atom. The predicted molar refractivity (Wildman–Crippen MR) is 120 cm³/mol. The third-order valence-corrected chi connectivity index (χ3v) is 4.87. The average molecular weight is 429 g/mol. The molecule has 1 atom stereocenters. The summed E-state index contributed by atoms with van der Waals surface area (Å²) in [6, 6.07) is 16.6. The molecule has 1 heterocycles. The number of amides is 1. The predicted octanol–water partition coefficient (Wildman–Crippen LogP) is 3.56. The van der Waals surface area contributed by atoms with Crippen molar-refractivity contribution in [2.45, 2.75) is 20.0 Å². The van der Waals surface area contributed by atoms with E-state index in [-0.39, 0.29) is 12.2 Å². The van der Waals surface area contributed by atoms with Gasteiger partial charge in [-0.3, -0.25) is 9.78 Å². The largest absolute Gasteiger partial charge is 0.446 e. The van der Waals surface area contributed by atoms with Crippen molar-refractivity contribution in [2.24, 2.45) is 5.73 Å². The van der Waals surface area contributed by atoms with E-state index in [4.69, 9.17) is 15.2 Å². The van der Waals surface area contributed by atoms with Crippen LogP contribution in [0.1, 0.15) is 27.0 Å². The highest BCUT2D eigenvalue weighted by Crippen LogP contribution is 2.31. The van der Waals surface area contributed by atoms with Crippen LogP contribution in [0, 0.1) is 25.2 Å². The lowest BCUT2D eigenvalue weighted by atomic mass is 9.94. The number of carbonyl (C=O) groups is 2.